The fourth-order valence-corrected chi connectivity index (χ4v) is 3.34. The number of anilines is 1. The Morgan fingerprint density at radius 3 is 2.33 bits per heavy atom. The van der Waals surface area contributed by atoms with Crippen molar-refractivity contribution < 1.29 is 22.0 Å². The van der Waals surface area contributed by atoms with Crippen LogP contribution < -0.4 is 10.0 Å². The monoisotopic (exact) mass is 418 g/mol. The second kappa shape index (κ2) is 7.37. The summed E-state index contributed by atoms with van der Waals surface area (Å²) >= 11 is 3.09. The minimum atomic E-state index is -4.01. The van der Waals surface area contributed by atoms with Gasteiger partial charge in [-0.05, 0) is 49.4 Å². The van der Waals surface area contributed by atoms with Gasteiger partial charge >= 0.3 is 0 Å². The molecule has 0 heterocycles. The molecule has 0 aliphatic heterocycles. The molecule has 2 aromatic rings. The van der Waals surface area contributed by atoms with Gasteiger partial charge in [0.15, 0.2) is 0 Å². The Bertz CT molecular complexity index is 858. The Labute approximate surface area is 146 Å². The molecule has 0 aliphatic rings. The Kier molecular flexibility index (Phi) is 5.68. The molecule has 128 valence electrons. The molecule has 0 aliphatic carbocycles. The minimum Gasteiger partial charge on any atom is -0.322 e. The average Bonchev–Trinajstić information content (AvgIpc) is 2.50. The van der Waals surface area contributed by atoms with Gasteiger partial charge in [0.1, 0.15) is 11.6 Å². The molecule has 0 unspecified atom stereocenters. The van der Waals surface area contributed by atoms with Gasteiger partial charge in [-0.15, -0.1) is 0 Å². The molecular weight excluding hydrogens is 406 g/mol. The molecule has 24 heavy (non-hydrogen) atoms. The summed E-state index contributed by atoms with van der Waals surface area (Å²) in [5.41, 5.74) is -0.0731. The zero-order valence-corrected chi connectivity index (χ0v) is 14.8. The zero-order chi connectivity index (χ0) is 17.9. The van der Waals surface area contributed by atoms with Crippen LogP contribution >= 0.6 is 15.9 Å². The van der Waals surface area contributed by atoms with Crippen LogP contribution in [0, 0.1) is 11.6 Å². The third-order valence-corrected chi connectivity index (χ3v) is 5.09. The fraction of sp³-hybridized carbons (Fsp3) is 0.133. The highest BCUT2D eigenvalue weighted by atomic mass is 79.9. The number of sulfonamides is 1. The van der Waals surface area contributed by atoms with Crippen molar-refractivity contribution in [1.82, 2.24) is 4.72 Å². The summed E-state index contributed by atoms with van der Waals surface area (Å²) in [6.45, 7) is 1.31. The summed E-state index contributed by atoms with van der Waals surface area (Å²) in [4.78, 5) is 11.9. The van der Waals surface area contributed by atoms with Crippen LogP contribution in [0.15, 0.2) is 51.8 Å². The van der Waals surface area contributed by atoms with E-state index in [1.807, 2.05) is 0 Å². The zero-order valence-electron chi connectivity index (χ0n) is 12.4. The quantitative estimate of drug-likeness (QED) is 0.783. The second-order valence-corrected chi connectivity index (χ2v) is 7.54. The molecule has 2 N–H and O–H groups in total. The van der Waals surface area contributed by atoms with Gasteiger partial charge in [-0.3, -0.25) is 4.79 Å². The first kappa shape index (κ1) is 18.5. The van der Waals surface area contributed by atoms with E-state index < -0.39 is 33.6 Å². The summed E-state index contributed by atoms with van der Waals surface area (Å²) in [7, 11) is -4.01. The Balaban J connectivity index is 2.09. The maximum atomic E-state index is 13.7. The van der Waals surface area contributed by atoms with Crippen LogP contribution in [0.2, 0.25) is 0 Å². The van der Waals surface area contributed by atoms with Gasteiger partial charge in [0.25, 0.3) is 0 Å². The predicted molar refractivity (Wildman–Crippen MR) is 88.9 cm³/mol. The summed E-state index contributed by atoms with van der Waals surface area (Å²) in [5, 5.41) is 2.30. The summed E-state index contributed by atoms with van der Waals surface area (Å²) in [6, 6.07) is 7.04. The molecule has 9 heteroatoms. The van der Waals surface area contributed by atoms with Crippen molar-refractivity contribution in [2.75, 3.05) is 5.32 Å². The Hall–Kier alpha value is -1.84. The van der Waals surface area contributed by atoms with Gasteiger partial charge in [-0.2, -0.15) is 4.72 Å². The third kappa shape index (κ3) is 4.59. The lowest BCUT2D eigenvalue weighted by atomic mass is 10.2. The number of amides is 1. The van der Waals surface area contributed by atoms with E-state index in [0.29, 0.717) is 4.47 Å². The highest BCUT2D eigenvalue weighted by Crippen LogP contribution is 2.19. The molecule has 0 bridgehead atoms. The van der Waals surface area contributed by atoms with Crippen LogP contribution in [-0.2, 0) is 14.8 Å². The molecule has 2 aromatic carbocycles. The molecule has 0 saturated carbocycles. The normalized spacial score (nSPS) is 12.7. The highest BCUT2D eigenvalue weighted by molar-refractivity contribution is 9.10. The third-order valence-electron chi connectivity index (χ3n) is 3.04. The Morgan fingerprint density at radius 2 is 1.75 bits per heavy atom. The lowest BCUT2D eigenvalue weighted by molar-refractivity contribution is -0.117. The molecule has 0 radical (unpaired) electrons. The lowest BCUT2D eigenvalue weighted by Crippen LogP contribution is -2.41. The van der Waals surface area contributed by atoms with E-state index >= 15 is 0 Å². The van der Waals surface area contributed by atoms with E-state index in [4.69, 9.17) is 0 Å². The van der Waals surface area contributed by atoms with E-state index in [1.165, 1.54) is 25.1 Å². The number of carbonyl (C=O) groups is 1. The van der Waals surface area contributed by atoms with Crippen LogP contribution in [0.1, 0.15) is 6.92 Å². The average molecular weight is 419 g/mol. The van der Waals surface area contributed by atoms with E-state index in [0.717, 1.165) is 24.3 Å². The van der Waals surface area contributed by atoms with E-state index in [1.54, 1.807) is 0 Å². The molecule has 0 spiro atoms. The number of hydrogen-bond donors (Lipinski definition) is 2. The number of halogens is 3. The number of benzene rings is 2. The molecule has 1 amide bonds. The minimum absolute atomic E-state index is 0.0731. The largest absolute Gasteiger partial charge is 0.322 e. The van der Waals surface area contributed by atoms with Crippen molar-refractivity contribution in [2.24, 2.45) is 0 Å². The summed E-state index contributed by atoms with van der Waals surface area (Å²) in [5.74, 6) is -1.97. The molecule has 0 saturated heterocycles. The number of hydrogen-bond acceptors (Lipinski definition) is 3. The number of rotatable bonds is 5. The fourth-order valence-electron chi connectivity index (χ4n) is 1.80. The Morgan fingerprint density at radius 1 is 1.12 bits per heavy atom. The summed E-state index contributed by atoms with van der Waals surface area (Å²) < 4.78 is 53.5. The van der Waals surface area contributed by atoms with E-state index in [-0.39, 0.29) is 10.6 Å². The van der Waals surface area contributed by atoms with E-state index in [9.17, 15) is 22.0 Å². The van der Waals surface area contributed by atoms with E-state index in [2.05, 4.69) is 26.0 Å². The molecule has 1 atom stereocenters. The van der Waals surface area contributed by atoms with Crippen molar-refractivity contribution in [3.05, 3.63) is 58.6 Å². The molecular formula is C15H13BrF2N2O3S. The lowest BCUT2D eigenvalue weighted by Gasteiger charge is -2.15. The van der Waals surface area contributed by atoms with Gasteiger partial charge in [-0.1, -0.05) is 15.9 Å². The first-order valence-electron chi connectivity index (χ1n) is 6.73. The van der Waals surface area contributed by atoms with Gasteiger partial charge < -0.3 is 5.32 Å². The molecule has 2 rings (SSSR count). The second-order valence-electron chi connectivity index (χ2n) is 4.91. The number of carbonyl (C=O) groups excluding carboxylic acids is 1. The molecule has 5 nitrogen and oxygen atoms in total. The topological polar surface area (TPSA) is 75.3 Å². The predicted octanol–water partition coefficient (Wildman–Crippen LogP) is 3.03. The maximum absolute atomic E-state index is 13.7. The van der Waals surface area contributed by atoms with Crippen LogP contribution in [0.5, 0.6) is 0 Å². The van der Waals surface area contributed by atoms with Gasteiger partial charge in [0.2, 0.25) is 15.9 Å². The van der Waals surface area contributed by atoms with Crippen LogP contribution in [0.25, 0.3) is 0 Å². The molecule has 0 aromatic heterocycles. The van der Waals surface area contributed by atoms with Crippen LogP contribution in [-0.4, -0.2) is 20.4 Å². The van der Waals surface area contributed by atoms with Crippen LogP contribution in [0.4, 0.5) is 14.5 Å². The molecule has 0 fully saturated rings. The van der Waals surface area contributed by atoms with Crippen molar-refractivity contribution in [3.63, 3.8) is 0 Å². The van der Waals surface area contributed by atoms with Gasteiger partial charge in [0, 0.05) is 4.47 Å². The standard InChI is InChI=1S/C15H13BrF2N2O3S/c1-9(15(21)19-14-7-2-10(16)8-13(14)18)20-24(22,23)12-5-3-11(17)4-6-12/h2-9,20H,1H3,(H,19,21)/t9-/m1/s1. The van der Waals surface area contributed by atoms with Crippen molar-refractivity contribution in [3.8, 4) is 0 Å². The highest BCUT2D eigenvalue weighted by Gasteiger charge is 2.22. The summed E-state index contributed by atoms with van der Waals surface area (Å²) in [6.07, 6.45) is 0. The maximum Gasteiger partial charge on any atom is 0.242 e. The van der Waals surface area contributed by atoms with Crippen molar-refractivity contribution in [1.29, 1.82) is 0 Å². The van der Waals surface area contributed by atoms with Gasteiger partial charge in [0.05, 0.1) is 16.6 Å². The van der Waals surface area contributed by atoms with Gasteiger partial charge in [-0.25, -0.2) is 17.2 Å². The SMILES string of the molecule is C[C@@H](NS(=O)(=O)c1ccc(F)cc1)C(=O)Nc1ccc(Br)cc1F. The number of nitrogens with one attached hydrogen (secondary N) is 2. The first-order valence-corrected chi connectivity index (χ1v) is 9.00. The smallest absolute Gasteiger partial charge is 0.242 e. The van der Waals surface area contributed by atoms with Crippen molar-refractivity contribution >= 4 is 37.5 Å². The van der Waals surface area contributed by atoms with Crippen LogP contribution in [0.3, 0.4) is 0 Å². The first-order chi connectivity index (χ1) is 11.2. The van der Waals surface area contributed by atoms with Crippen molar-refractivity contribution in [2.45, 2.75) is 17.9 Å².